The van der Waals surface area contributed by atoms with E-state index in [1.54, 1.807) is 0 Å². The Morgan fingerprint density at radius 3 is 2.67 bits per heavy atom. The van der Waals surface area contributed by atoms with Crippen molar-refractivity contribution in [2.45, 2.75) is 50.4 Å². The van der Waals surface area contributed by atoms with E-state index < -0.39 is 0 Å². The van der Waals surface area contributed by atoms with E-state index in [2.05, 4.69) is 22.1 Å². The van der Waals surface area contributed by atoms with E-state index in [1.165, 1.54) is 37.4 Å². The van der Waals surface area contributed by atoms with Crippen molar-refractivity contribution in [1.82, 2.24) is 20.1 Å². The smallest absolute Gasteiger partial charge is 0.230 e. The second kappa shape index (κ2) is 6.22. The number of aromatic nitrogens is 3. The minimum Gasteiger partial charge on any atom is -0.352 e. The van der Waals surface area contributed by atoms with Gasteiger partial charge in [0, 0.05) is 12.6 Å². The molecule has 2 aliphatic carbocycles. The van der Waals surface area contributed by atoms with Crippen LogP contribution in [0.3, 0.4) is 0 Å². The van der Waals surface area contributed by atoms with E-state index in [0.717, 1.165) is 22.8 Å². The first-order valence-electron chi connectivity index (χ1n) is 7.62. The van der Waals surface area contributed by atoms with Crippen molar-refractivity contribution < 1.29 is 4.79 Å². The number of amides is 1. The molecule has 2 saturated carbocycles. The monoisotopic (exact) mass is 306 g/mol. The van der Waals surface area contributed by atoms with E-state index in [4.69, 9.17) is 0 Å². The van der Waals surface area contributed by atoms with Gasteiger partial charge < -0.3 is 9.88 Å². The Bertz CT molecular complexity index is 522. The topological polar surface area (TPSA) is 59.8 Å². The van der Waals surface area contributed by atoms with Crippen molar-refractivity contribution in [3.8, 4) is 0 Å². The number of rotatable bonds is 8. The summed E-state index contributed by atoms with van der Waals surface area (Å²) in [6.45, 7) is 6.33. The van der Waals surface area contributed by atoms with Gasteiger partial charge in [-0.25, -0.2) is 0 Å². The third-order valence-corrected chi connectivity index (χ3v) is 5.10. The predicted octanol–water partition coefficient (Wildman–Crippen LogP) is 2.17. The first-order valence-corrected chi connectivity index (χ1v) is 8.60. The van der Waals surface area contributed by atoms with Gasteiger partial charge in [-0.15, -0.1) is 16.8 Å². The number of allylic oxidation sites excluding steroid dienone is 1. The van der Waals surface area contributed by atoms with Gasteiger partial charge >= 0.3 is 0 Å². The molecule has 6 heteroatoms. The number of hydrogen-bond donors (Lipinski definition) is 1. The van der Waals surface area contributed by atoms with Crippen LogP contribution in [0.15, 0.2) is 17.8 Å². The maximum absolute atomic E-state index is 12.2. The molecule has 0 aromatic carbocycles. The van der Waals surface area contributed by atoms with E-state index in [-0.39, 0.29) is 5.91 Å². The Hall–Kier alpha value is -1.30. The second-order valence-electron chi connectivity index (χ2n) is 5.99. The van der Waals surface area contributed by atoms with Crippen LogP contribution in [0.2, 0.25) is 0 Å². The summed E-state index contributed by atoms with van der Waals surface area (Å²) >= 11 is 1.45. The highest BCUT2D eigenvalue weighted by atomic mass is 32.2. The van der Waals surface area contributed by atoms with E-state index in [9.17, 15) is 4.79 Å². The Morgan fingerprint density at radius 1 is 1.43 bits per heavy atom. The maximum Gasteiger partial charge on any atom is 0.230 e. The summed E-state index contributed by atoms with van der Waals surface area (Å²) < 4.78 is 1.98. The third-order valence-electron chi connectivity index (χ3n) is 4.13. The number of aryl methyl sites for hydroxylation is 1. The molecule has 0 unspecified atom stereocenters. The van der Waals surface area contributed by atoms with Gasteiger partial charge in [-0.3, -0.25) is 4.79 Å². The lowest BCUT2D eigenvalue weighted by molar-refractivity contribution is -0.119. The number of carbonyl (C=O) groups is 1. The molecular formula is C15H22N4OS. The average molecular weight is 306 g/mol. The minimum absolute atomic E-state index is 0.120. The van der Waals surface area contributed by atoms with Crippen LogP contribution in [-0.4, -0.2) is 32.5 Å². The van der Waals surface area contributed by atoms with Gasteiger partial charge in [-0.05, 0) is 44.4 Å². The zero-order valence-corrected chi connectivity index (χ0v) is 13.2. The Morgan fingerprint density at radius 2 is 2.10 bits per heavy atom. The molecule has 0 atom stereocenters. The maximum atomic E-state index is 12.2. The van der Waals surface area contributed by atoms with Gasteiger partial charge in [-0.2, -0.15) is 0 Å². The fourth-order valence-corrected chi connectivity index (χ4v) is 3.50. The largest absolute Gasteiger partial charge is 0.352 e. The minimum atomic E-state index is 0.120. The van der Waals surface area contributed by atoms with Gasteiger partial charge in [0.25, 0.3) is 0 Å². The molecule has 0 radical (unpaired) electrons. The van der Waals surface area contributed by atoms with Gasteiger partial charge in [0.15, 0.2) is 5.16 Å². The first kappa shape index (κ1) is 14.6. The molecule has 3 rings (SSSR count). The molecule has 1 amide bonds. The van der Waals surface area contributed by atoms with Gasteiger partial charge in [0.1, 0.15) is 5.82 Å². The van der Waals surface area contributed by atoms with E-state index in [0.29, 0.717) is 18.3 Å². The molecule has 114 valence electrons. The fourth-order valence-electron chi connectivity index (χ4n) is 2.70. The SMILES string of the molecule is C=CCn1c(C)nnc1SCC(=O)NC(C1CC1)C1CC1. The second-order valence-corrected chi connectivity index (χ2v) is 6.93. The highest BCUT2D eigenvalue weighted by Gasteiger charge is 2.42. The molecule has 1 aromatic rings. The highest BCUT2D eigenvalue weighted by molar-refractivity contribution is 7.99. The number of nitrogens with zero attached hydrogens (tertiary/aromatic N) is 3. The van der Waals surface area contributed by atoms with Crippen LogP contribution < -0.4 is 5.32 Å². The molecule has 1 heterocycles. The quantitative estimate of drug-likeness (QED) is 0.591. The lowest BCUT2D eigenvalue weighted by atomic mass is 10.1. The summed E-state index contributed by atoms with van der Waals surface area (Å²) in [5, 5.41) is 12.2. The Kier molecular flexibility index (Phi) is 4.33. The zero-order chi connectivity index (χ0) is 14.8. The number of hydrogen-bond acceptors (Lipinski definition) is 4. The molecule has 5 nitrogen and oxygen atoms in total. The number of thioether (sulfide) groups is 1. The summed E-state index contributed by atoms with van der Waals surface area (Å²) in [4.78, 5) is 12.2. The summed E-state index contributed by atoms with van der Waals surface area (Å²) in [6.07, 6.45) is 6.93. The van der Waals surface area contributed by atoms with Crippen molar-refractivity contribution in [1.29, 1.82) is 0 Å². The van der Waals surface area contributed by atoms with Crippen LogP contribution in [0.25, 0.3) is 0 Å². The normalized spacial score (nSPS) is 18.0. The lowest BCUT2D eigenvalue weighted by Gasteiger charge is -2.17. The van der Waals surface area contributed by atoms with Crippen LogP contribution in [0, 0.1) is 18.8 Å². The molecule has 2 aliphatic rings. The standard InChI is InChI=1S/C15H22N4OS/c1-3-8-19-10(2)17-18-15(19)21-9-13(20)16-14(11-4-5-11)12-6-7-12/h3,11-12,14H,1,4-9H2,2H3,(H,16,20). The third kappa shape index (κ3) is 3.67. The molecule has 0 aliphatic heterocycles. The van der Waals surface area contributed by atoms with E-state index >= 15 is 0 Å². The number of carbonyl (C=O) groups excluding carboxylic acids is 1. The van der Waals surface area contributed by atoms with Gasteiger partial charge in [0.05, 0.1) is 5.75 Å². The summed E-state index contributed by atoms with van der Waals surface area (Å²) in [5.74, 6) is 2.85. The van der Waals surface area contributed by atoms with Crippen LogP contribution in [-0.2, 0) is 11.3 Å². The molecule has 1 aromatic heterocycles. The fraction of sp³-hybridized carbons (Fsp3) is 0.667. The van der Waals surface area contributed by atoms with Gasteiger partial charge in [0.2, 0.25) is 5.91 Å². The lowest BCUT2D eigenvalue weighted by Crippen LogP contribution is -2.39. The average Bonchev–Trinajstić information content (AvgIpc) is 3.36. The molecule has 2 fully saturated rings. The summed E-state index contributed by atoms with van der Waals surface area (Å²) in [7, 11) is 0. The molecule has 1 N–H and O–H groups in total. The summed E-state index contributed by atoms with van der Waals surface area (Å²) in [6, 6.07) is 0.422. The van der Waals surface area contributed by atoms with Crippen molar-refractivity contribution >= 4 is 17.7 Å². The molecular weight excluding hydrogens is 284 g/mol. The number of nitrogens with one attached hydrogen (secondary N) is 1. The molecule has 0 bridgehead atoms. The zero-order valence-electron chi connectivity index (χ0n) is 12.4. The van der Waals surface area contributed by atoms with Crippen molar-refractivity contribution in [2.24, 2.45) is 11.8 Å². The Balaban J connectivity index is 1.52. The molecule has 0 saturated heterocycles. The summed E-state index contributed by atoms with van der Waals surface area (Å²) in [5.41, 5.74) is 0. The van der Waals surface area contributed by atoms with Crippen LogP contribution in [0.4, 0.5) is 0 Å². The molecule has 21 heavy (non-hydrogen) atoms. The van der Waals surface area contributed by atoms with Crippen molar-refractivity contribution in [3.63, 3.8) is 0 Å². The van der Waals surface area contributed by atoms with E-state index in [1.807, 2.05) is 17.6 Å². The van der Waals surface area contributed by atoms with Gasteiger partial charge in [-0.1, -0.05) is 17.8 Å². The van der Waals surface area contributed by atoms with Crippen LogP contribution >= 0.6 is 11.8 Å². The van der Waals surface area contributed by atoms with Crippen molar-refractivity contribution in [2.75, 3.05) is 5.75 Å². The molecule has 0 spiro atoms. The van der Waals surface area contributed by atoms with Crippen molar-refractivity contribution in [3.05, 3.63) is 18.5 Å². The first-order chi connectivity index (χ1) is 10.2. The van der Waals surface area contributed by atoms with Crippen LogP contribution in [0.5, 0.6) is 0 Å². The Labute approximate surface area is 129 Å². The predicted molar refractivity (Wildman–Crippen MR) is 83.1 cm³/mol. The van der Waals surface area contributed by atoms with Crippen LogP contribution in [0.1, 0.15) is 31.5 Å². The highest BCUT2D eigenvalue weighted by Crippen LogP contribution is 2.44.